The number of hydrogen-bond acceptors (Lipinski definition) is 7. The number of aromatic nitrogens is 1. The summed E-state index contributed by atoms with van der Waals surface area (Å²) in [6.45, 7) is 3.75. The minimum Gasteiger partial charge on any atom is -0.497 e. The molecule has 0 spiro atoms. The molecule has 0 bridgehead atoms. The Morgan fingerprint density at radius 2 is 1.92 bits per heavy atom. The SMILES string of the molecule is CC[C@@H]1CN(C(=O)O)CCN1c1ccc(N2CCC(=O)N(Cc3ccc(OC)cc3OC)C2=O)cn1. The fraction of sp³-hybridized carbons (Fsp3) is 0.440. The molecule has 192 valence electrons. The number of pyridine rings is 1. The van der Waals surface area contributed by atoms with Gasteiger partial charge in [-0.25, -0.2) is 14.6 Å². The number of piperazine rings is 1. The van der Waals surface area contributed by atoms with Crippen molar-refractivity contribution in [2.75, 3.05) is 50.2 Å². The first kappa shape index (κ1) is 25.1. The van der Waals surface area contributed by atoms with Crippen molar-refractivity contribution in [2.24, 2.45) is 0 Å². The van der Waals surface area contributed by atoms with E-state index in [0.717, 1.165) is 12.2 Å². The topological polar surface area (TPSA) is 116 Å². The molecule has 1 aromatic carbocycles. The maximum atomic E-state index is 13.3. The lowest BCUT2D eigenvalue weighted by molar-refractivity contribution is -0.129. The molecule has 0 unspecified atom stereocenters. The second kappa shape index (κ2) is 10.7. The maximum absolute atomic E-state index is 13.3. The molecule has 0 saturated carbocycles. The Morgan fingerprint density at radius 3 is 2.56 bits per heavy atom. The largest absolute Gasteiger partial charge is 0.497 e. The summed E-state index contributed by atoms with van der Waals surface area (Å²) >= 11 is 0. The van der Waals surface area contributed by atoms with E-state index in [1.165, 1.54) is 16.9 Å². The highest BCUT2D eigenvalue weighted by molar-refractivity contribution is 6.05. The van der Waals surface area contributed by atoms with Gasteiger partial charge >= 0.3 is 12.1 Å². The number of hydrogen-bond donors (Lipinski definition) is 1. The van der Waals surface area contributed by atoms with E-state index in [9.17, 15) is 19.5 Å². The van der Waals surface area contributed by atoms with E-state index in [1.54, 1.807) is 36.4 Å². The molecule has 36 heavy (non-hydrogen) atoms. The summed E-state index contributed by atoms with van der Waals surface area (Å²) in [4.78, 5) is 48.2. The molecule has 4 amide bonds. The van der Waals surface area contributed by atoms with Crippen LogP contribution in [0.4, 0.5) is 21.1 Å². The van der Waals surface area contributed by atoms with Crippen LogP contribution >= 0.6 is 0 Å². The Labute approximate surface area is 209 Å². The smallest absolute Gasteiger partial charge is 0.407 e. The molecule has 1 aromatic heterocycles. The van der Waals surface area contributed by atoms with E-state index >= 15 is 0 Å². The molecule has 1 atom stereocenters. The third-order valence-electron chi connectivity index (χ3n) is 6.70. The van der Waals surface area contributed by atoms with Gasteiger partial charge in [-0.1, -0.05) is 6.92 Å². The summed E-state index contributed by atoms with van der Waals surface area (Å²) in [6.07, 6.45) is 1.70. The summed E-state index contributed by atoms with van der Waals surface area (Å²) in [5.74, 6) is 1.64. The minimum absolute atomic E-state index is 0.0254. The van der Waals surface area contributed by atoms with Crippen LogP contribution in [-0.2, 0) is 11.3 Å². The number of imide groups is 1. The summed E-state index contributed by atoms with van der Waals surface area (Å²) in [6, 6.07) is 8.53. The van der Waals surface area contributed by atoms with E-state index < -0.39 is 12.1 Å². The fourth-order valence-corrected chi connectivity index (χ4v) is 4.63. The zero-order valence-corrected chi connectivity index (χ0v) is 20.7. The number of carbonyl (C=O) groups is 3. The molecule has 11 heteroatoms. The number of benzene rings is 1. The Hall–Kier alpha value is -4.02. The van der Waals surface area contributed by atoms with Crippen LogP contribution in [0.1, 0.15) is 25.3 Å². The fourth-order valence-electron chi connectivity index (χ4n) is 4.63. The quantitative estimate of drug-likeness (QED) is 0.621. The zero-order valence-electron chi connectivity index (χ0n) is 20.7. The number of carboxylic acid groups (broad SMARTS) is 1. The molecule has 0 radical (unpaired) electrons. The second-order valence-electron chi connectivity index (χ2n) is 8.70. The first-order valence-electron chi connectivity index (χ1n) is 11.9. The summed E-state index contributed by atoms with van der Waals surface area (Å²) in [5, 5.41) is 9.31. The van der Waals surface area contributed by atoms with Gasteiger partial charge in [-0.05, 0) is 30.7 Å². The number of ether oxygens (including phenoxy) is 2. The van der Waals surface area contributed by atoms with Crippen molar-refractivity contribution in [3.63, 3.8) is 0 Å². The van der Waals surface area contributed by atoms with Crippen LogP contribution < -0.4 is 19.3 Å². The van der Waals surface area contributed by atoms with Crippen molar-refractivity contribution in [2.45, 2.75) is 32.4 Å². The van der Waals surface area contributed by atoms with Crippen molar-refractivity contribution in [3.8, 4) is 11.5 Å². The number of methoxy groups -OCH3 is 2. The average Bonchev–Trinajstić information content (AvgIpc) is 2.90. The van der Waals surface area contributed by atoms with Crippen LogP contribution in [0.3, 0.4) is 0 Å². The number of amides is 4. The second-order valence-corrected chi connectivity index (χ2v) is 8.70. The lowest BCUT2D eigenvalue weighted by atomic mass is 10.1. The van der Waals surface area contributed by atoms with Crippen molar-refractivity contribution in [3.05, 3.63) is 42.1 Å². The van der Waals surface area contributed by atoms with Crippen molar-refractivity contribution in [1.82, 2.24) is 14.8 Å². The van der Waals surface area contributed by atoms with E-state index in [1.807, 2.05) is 19.1 Å². The van der Waals surface area contributed by atoms with Crippen LogP contribution in [0.2, 0.25) is 0 Å². The molecule has 2 aliphatic heterocycles. The van der Waals surface area contributed by atoms with Gasteiger partial charge in [0, 0.05) is 50.3 Å². The molecule has 1 N–H and O–H groups in total. The molecule has 4 rings (SSSR count). The molecule has 2 aromatic rings. The Balaban J connectivity index is 1.49. The number of rotatable bonds is 7. The van der Waals surface area contributed by atoms with Gasteiger partial charge < -0.3 is 24.4 Å². The third-order valence-corrected chi connectivity index (χ3v) is 6.70. The van der Waals surface area contributed by atoms with Gasteiger partial charge in [0.25, 0.3) is 0 Å². The summed E-state index contributed by atoms with van der Waals surface area (Å²) in [7, 11) is 3.09. The van der Waals surface area contributed by atoms with Crippen LogP contribution in [0.5, 0.6) is 11.5 Å². The molecule has 11 nitrogen and oxygen atoms in total. The van der Waals surface area contributed by atoms with Crippen LogP contribution in [0, 0.1) is 0 Å². The van der Waals surface area contributed by atoms with Gasteiger partial charge in [-0.15, -0.1) is 0 Å². The molecule has 2 saturated heterocycles. The number of nitrogens with zero attached hydrogens (tertiary/aromatic N) is 5. The number of anilines is 2. The van der Waals surface area contributed by atoms with E-state index in [-0.39, 0.29) is 31.5 Å². The normalized spacial score (nSPS) is 18.5. The summed E-state index contributed by atoms with van der Waals surface area (Å²) in [5.41, 5.74) is 1.29. The lowest BCUT2D eigenvalue weighted by Gasteiger charge is -2.41. The maximum Gasteiger partial charge on any atom is 0.407 e. The monoisotopic (exact) mass is 497 g/mol. The van der Waals surface area contributed by atoms with Gasteiger partial charge in [-0.2, -0.15) is 0 Å². The van der Waals surface area contributed by atoms with Crippen molar-refractivity contribution < 1.29 is 29.0 Å². The van der Waals surface area contributed by atoms with E-state index in [4.69, 9.17) is 9.47 Å². The molecular formula is C25H31N5O6. The first-order valence-corrected chi connectivity index (χ1v) is 11.9. The molecular weight excluding hydrogens is 466 g/mol. The van der Waals surface area contributed by atoms with Gasteiger partial charge in [0.1, 0.15) is 17.3 Å². The summed E-state index contributed by atoms with van der Waals surface area (Å²) < 4.78 is 10.7. The number of carbonyl (C=O) groups excluding carboxylic acids is 2. The van der Waals surface area contributed by atoms with Crippen molar-refractivity contribution in [1.29, 1.82) is 0 Å². The highest BCUT2D eigenvalue weighted by Crippen LogP contribution is 2.29. The number of urea groups is 1. The Bertz CT molecular complexity index is 1120. The van der Waals surface area contributed by atoms with Gasteiger partial charge in [0.2, 0.25) is 5.91 Å². The minimum atomic E-state index is -0.911. The molecule has 2 aliphatic rings. The third kappa shape index (κ3) is 5.00. The molecule has 0 aliphatic carbocycles. The van der Waals surface area contributed by atoms with Crippen LogP contribution in [-0.4, -0.2) is 84.4 Å². The van der Waals surface area contributed by atoms with E-state index in [0.29, 0.717) is 42.4 Å². The van der Waals surface area contributed by atoms with E-state index in [2.05, 4.69) is 9.88 Å². The van der Waals surface area contributed by atoms with Crippen LogP contribution in [0.15, 0.2) is 36.5 Å². The van der Waals surface area contributed by atoms with Gasteiger partial charge in [0.15, 0.2) is 0 Å². The standard InChI is InChI=1S/C25H31N5O6/c1-4-18-16-27(25(33)34)11-12-28(18)22-8-6-19(14-26-22)29-10-9-23(31)30(24(29)32)15-17-5-7-20(35-2)13-21(17)36-3/h5-8,13-14,18H,4,9-12,15-16H2,1-3H3,(H,33,34)/t18-/m1/s1. The first-order chi connectivity index (χ1) is 17.4. The van der Waals surface area contributed by atoms with Gasteiger partial charge in [0.05, 0.1) is 32.6 Å². The van der Waals surface area contributed by atoms with Crippen molar-refractivity contribution >= 4 is 29.5 Å². The highest BCUT2D eigenvalue weighted by Gasteiger charge is 2.34. The Morgan fingerprint density at radius 1 is 1.11 bits per heavy atom. The van der Waals surface area contributed by atoms with Crippen LogP contribution in [0.25, 0.3) is 0 Å². The molecule has 2 fully saturated rings. The average molecular weight is 498 g/mol. The lowest BCUT2D eigenvalue weighted by Crippen LogP contribution is -2.54. The van der Waals surface area contributed by atoms with Gasteiger partial charge in [-0.3, -0.25) is 14.6 Å². The highest BCUT2D eigenvalue weighted by atomic mass is 16.5. The zero-order chi connectivity index (χ0) is 25.8. The predicted octanol–water partition coefficient (Wildman–Crippen LogP) is 3.04. The molecule has 3 heterocycles. The predicted molar refractivity (Wildman–Crippen MR) is 133 cm³/mol. The Kier molecular flexibility index (Phi) is 7.47.